The van der Waals surface area contributed by atoms with Crippen LogP contribution in [0.2, 0.25) is 0 Å². The quantitative estimate of drug-likeness (QED) is 0.613. The first kappa shape index (κ1) is 20.7. The van der Waals surface area contributed by atoms with E-state index in [1.807, 2.05) is 13.8 Å². The number of carbonyl (C=O) groups excluding carboxylic acids is 1. The van der Waals surface area contributed by atoms with Gasteiger partial charge in [0.05, 0.1) is 3.39 Å². The summed E-state index contributed by atoms with van der Waals surface area (Å²) in [5, 5.41) is 0. The predicted octanol–water partition coefficient (Wildman–Crippen LogP) is 5.53. The summed E-state index contributed by atoms with van der Waals surface area (Å²) in [6, 6.07) is 0. The summed E-state index contributed by atoms with van der Waals surface area (Å²) in [6.45, 7) is 8.26. The van der Waals surface area contributed by atoms with Crippen LogP contribution in [-0.2, 0) is 4.79 Å². The second-order valence-electron chi connectivity index (χ2n) is 3.36. The molecule has 0 amide bonds. The van der Waals surface area contributed by atoms with Gasteiger partial charge in [-0.3, -0.25) is 0 Å². The second kappa shape index (κ2) is 14.4. The maximum atomic E-state index is 9.74. The number of carbonyl (C=O) groups is 1. The molecule has 0 rings (SSSR count). The molecule has 15 heavy (non-hydrogen) atoms. The minimum atomic E-state index is 0. The average molecular weight is 344 g/mol. The Bertz CT molecular complexity index is 163. The highest BCUT2D eigenvalue weighted by atomic mass is 79.9. The predicted molar refractivity (Wildman–Crippen MR) is 77.6 cm³/mol. The molecule has 0 spiro atoms. The maximum absolute atomic E-state index is 9.74. The van der Waals surface area contributed by atoms with Crippen molar-refractivity contribution in [2.75, 3.05) is 0 Å². The Balaban J connectivity index is -0.000000187. The molecule has 0 saturated carbocycles. The Morgan fingerprint density at radius 2 is 1.53 bits per heavy atom. The van der Waals surface area contributed by atoms with Crippen molar-refractivity contribution >= 4 is 38.1 Å². The van der Waals surface area contributed by atoms with Crippen molar-refractivity contribution in [1.82, 2.24) is 0 Å². The molecule has 0 bridgehead atoms. The molecule has 0 aromatic heterocycles. The number of aldehydes is 1. The molecule has 0 saturated heterocycles. The highest BCUT2D eigenvalue weighted by molar-refractivity contribution is 9.28. The Kier molecular flexibility index (Phi) is 19.9. The first-order valence-electron chi connectivity index (χ1n) is 4.95. The van der Waals surface area contributed by atoms with Crippen LogP contribution in [0.15, 0.2) is 9.47 Å². The minimum absolute atomic E-state index is 0. The van der Waals surface area contributed by atoms with Crippen molar-refractivity contribution in [2.24, 2.45) is 11.8 Å². The first-order chi connectivity index (χ1) is 6.47. The molecule has 0 aliphatic carbocycles. The molecule has 0 aliphatic rings. The number of halogens is 2. The van der Waals surface area contributed by atoms with Gasteiger partial charge in [-0.05, 0) is 44.2 Å². The van der Waals surface area contributed by atoms with E-state index in [0.29, 0.717) is 5.92 Å². The third kappa shape index (κ3) is 20.4. The molecular weight excluding hydrogens is 320 g/mol. The Hall–Kier alpha value is 0.370. The van der Waals surface area contributed by atoms with Crippen LogP contribution in [0, 0.1) is 11.8 Å². The second-order valence-corrected chi connectivity index (χ2v) is 6.14. The standard InChI is InChI=1S/C6H10Br2.C5H10O.CH4/c1-3-5(2)4-6(7)8;1-3-5(2)4-6;/h4-5H,3H2,1-2H3;4-5H,3H2,1-2H3;1H4/t2*5-;/m00./s1. The van der Waals surface area contributed by atoms with E-state index in [1.165, 1.54) is 6.42 Å². The fraction of sp³-hybridized carbons (Fsp3) is 0.750. The third-order valence-corrected chi connectivity index (χ3v) is 2.46. The monoisotopic (exact) mass is 342 g/mol. The van der Waals surface area contributed by atoms with Crippen molar-refractivity contribution < 1.29 is 4.79 Å². The molecule has 92 valence electrons. The summed E-state index contributed by atoms with van der Waals surface area (Å²) in [4.78, 5) is 9.74. The largest absolute Gasteiger partial charge is 0.303 e. The summed E-state index contributed by atoms with van der Waals surface area (Å²) in [6.07, 6.45) is 5.27. The van der Waals surface area contributed by atoms with Gasteiger partial charge in [0.15, 0.2) is 0 Å². The summed E-state index contributed by atoms with van der Waals surface area (Å²) < 4.78 is 1.05. The molecule has 2 atom stereocenters. The average Bonchev–Trinajstić information content (AvgIpc) is 2.16. The van der Waals surface area contributed by atoms with Crippen molar-refractivity contribution in [3.63, 3.8) is 0 Å². The highest BCUT2D eigenvalue weighted by Crippen LogP contribution is 2.17. The van der Waals surface area contributed by atoms with E-state index in [2.05, 4.69) is 51.8 Å². The van der Waals surface area contributed by atoms with Gasteiger partial charge in [-0.25, -0.2) is 0 Å². The van der Waals surface area contributed by atoms with Gasteiger partial charge in [-0.2, -0.15) is 0 Å². The number of hydrogen-bond acceptors (Lipinski definition) is 1. The van der Waals surface area contributed by atoms with E-state index in [-0.39, 0.29) is 13.3 Å². The van der Waals surface area contributed by atoms with Crippen LogP contribution in [-0.4, -0.2) is 6.29 Å². The van der Waals surface area contributed by atoms with Gasteiger partial charge in [-0.1, -0.05) is 47.6 Å². The van der Waals surface area contributed by atoms with E-state index in [1.54, 1.807) is 0 Å². The van der Waals surface area contributed by atoms with E-state index >= 15 is 0 Å². The van der Waals surface area contributed by atoms with Crippen molar-refractivity contribution in [3.05, 3.63) is 9.47 Å². The van der Waals surface area contributed by atoms with E-state index in [4.69, 9.17) is 0 Å². The van der Waals surface area contributed by atoms with E-state index in [0.717, 1.165) is 16.1 Å². The summed E-state index contributed by atoms with van der Waals surface area (Å²) >= 11 is 6.59. The van der Waals surface area contributed by atoms with Crippen molar-refractivity contribution in [2.45, 2.75) is 48.0 Å². The van der Waals surface area contributed by atoms with Gasteiger partial charge in [0.2, 0.25) is 0 Å². The zero-order valence-electron chi connectivity index (χ0n) is 9.39. The smallest absolute Gasteiger partial charge is 0.122 e. The molecule has 0 aromatic rings. The lowest BCUT2D eigenvalue weighted by atomic mass is 10.1. The van der Waals surface area contributed by atoms with Gasteiger partial charge in [-0.15, -0.1) is 0 Å². The van der Waals surface area contributed by atoms with Crippen LogP contribution in [0.25, 0.3) is 0 Å². The number of allylic oxidation sites excluding steroid dienone is 1. The lowest BCUT2D eigenvalue weighted by Crippen LogP contribution is -1.89. The summed E-state index contributed by atoms with van der Waals surface area (Å²) in [5.41, 5.74) is 0. The first-order valence-corrected chi connectivity index (χ1v) is 6.54. The van der Waals surface area contributed by atoms with Gasteiger partial charge >= 0.3 is 0 Å². The molecule has 3 heteroatoms. The zero-order valence-corrected chi connectivity index (χ0v) is 12.6. The molecule has 1 nitrogen and oxygen atoms in total. The fourth-order valence-electron chi connectivity index (χ4n) is 0.429. The van der Waals surface area contributed by atoms with Gasteiger partial charge < -0.3 is 4.79 Å². The number of hydrogen-bond donors (Lipinski definition) is 0. The molecule has 0 radical (unpaired) electrons. The topological polar surface area (TPSA) is 17.1 Å². The fourth-order valence-corrected chi connectivity index (χ4v) is 1.33. The van der Waals surface area contributed by atoms with Crippen LogP contribution < -0.4 is 0 Å². The lowest BCUT2D eigenvalue weighted by Gasteiger charge is -1.97. The summed E-state index contributed by atoms with van der Waals surface area (Å²) in [7, 11) is 0. The van der Waals surface area contributed by atoms with Gasteiger partial charge in [0.25, 0.3) is 0 Å². The Morgan fingerprint density at radius 1 is 1.13 bits per heavy atom. The molecule has 0 N–H and O–H groups in total. The zero-order chi connectivity index (χ0) is 11.6. The summed E-state index contributed by atoms with van der Waals surface area (Å²) in [5.74, 6) is 0.925. The van der Waals surface area contributed by atoms with Gasteiger partial charge in [0, 0.05) is 5.92 Å². The van der Waals surface area contributed by atoms with Gasteiger partial charge in [0.1, 0.15) is 6.29 Å². The van der Waals surface area contributed by atoms with Crippen LogP contribution in [0.4, 0.5) is 0 Å². The van der Waals surface area contributed by atoms with Crippen molar-refractivity contribution in [3.8, 4) is 0 Å². The molecule has 0 fully saturated rings. The Labute approximate surface area is 112 Å². The number of rotatable bonds is 4. The lowest BCUT2D eigenvalue weighted by molar-refractivity contribution is -0.110. The van der Waals surface area contributed by atoms with Crippen molar-refractivity contribution in [1.29, 1.82) is 0 Å². The van der Waals surface area contributed by atoms with Crippen LogP contribution in [0.1, 0.15) is 48.0 Å². The molecule has 0 aromatic carbocycles. The Morgan fingerprint density at radius 3 is 1.60 bits per heavy atom. The molecule has 0 heterocycles. The van der Waals surface area contributed by atoms with Crippen LogP contribution >= 0.6 is 31.9 Å². The molecule has 0 aliphatic heterocycles. The molecular formula is C12H24Br2O. The van der Waals surface area contributed by atoms with E-state index < -0.39 is 0 Å². The van der Waals surface area contributed by atoms with Crippen LogP contribution in [0.5, 0.6) is 0 Å². The third-order valence-electron chi connectivity index (χ3n) is 1.93. The minimum Gasteiger partial charge on any atom is -0.303 e. The molecule has 0 unspecified atom stereocenters. The van der Waals surface area contributed by atoms with E-state index in [9.17, 15) is 4.79 Å². The normalized spacial score (nSPS) is 12.4. The SMILES string of the molecule is C.CC[C@H](C)C=C(Br)Br.CC[C@H](C)C=O. The van der Waals surface area contributed by atoms with Crippen LogP contribution in [0.3, 0.4) is 0 Å². The highest BCUT2D eigenvalue weighted by Gasteiger charge is 1.91. The maximum Gasteiger partial charge on any atom is 0.122 e.